The molecule has 1 saturated heterocycles. The van der Waals surface area contributed by atoms with Crippen molar-refractivity contribution in [2.45, 2.75) is 18.9 Å². The maximum Gasteiger partial charge on any atom is 0.0998 e. The molecule has 2 atom stereocenters. The molecule has 4 nitrogen and oxygen atoms in total. The molecule has 0 aliphatic carbocycles. The Balaban J connectivity index is 2.02. The molecule has 1 aliphatic rings. The number of nitrogens with zero attached hydrogens (tertiary/aromatic N) is 1. The second kappa shape index (κ2) is 5.04. The van der Waals surface area contributed by atoms with E-state index in [-0.39, 0.29) is 5.92 Å². The molecule has 1 aromatic heterocycles. The Bertz CT molecular complexity index is 620. The molecule has 2 heterocycles. The summed E-state index contributed by atoms with van der Waals surface area (Å²) in [6.45, 7) is 1.86. The monoisotopic (exact) mass is 255 g/mol. The number of nitriles is 1. The highest BCUT2D eigenvalue weighted by Gasteiger charge is 2.25. The number of aromatic amines is 1. The average Bonchev–Trinajstić information content (AvgIpc) is 2.91. The summed E-state index contributed by atoms with van der Waals surface area (Å²) in [4.78, 5) is 3.15. The van der Waals surface area contributed by atoms with E-state index in [0.717, 1.165) is 42.4 Å². The molecular formula is C15H17N3O. The number of piperidine rings is 1. The van der Waals surface area contributed by atoms with Gasteiger partial charge in [0, 0.05) is 35.1 Å². The number of hydrogen-bond acceptors (Lipinski definition) is 3. The average molecular weight is 255 g/mol. The normalized spacial score (nSPS) is 21.2. The Hall–Kier alpha value is -1.83. The van der Waals surface area contributed by atoms with Gasteiger partial charge in [0.1, 0.15) is 0 Å². The maximum absolute atomic E-state index is 10.6. The molecule has 2 aromatic rings. The lowest BCUT2D eigenvalue weighted by Gasteiger charge is -2.27. The van der Waals surface area contributed by atoms with Crippen LogP contribution in [0.3, 0.4) is 0 Å². The zero-order valence-corrected chi connectivity index (χ0v) is 10.7. The van der Waals surface area contributed by atoms with Gasteiger partial charge >= 0.3 is 0 Å². The fourth-order valence-electron chi connectivity index (χ4n) is 2.94. The first-order chi connectivity index (χ1) is 9.31. The molecule has 0 amide bonds. The minimum Gasteiger partial charge on any atom is -0.388 e. The van der Waals surface area contributed by atoms with Gasteiger partial charge in [-0.2, -0.15) is 5.26 Å². The number of aliphatic hydroxyl groups excluding tert-OH is 1. The van der Waals surface area contributed by atoms with E-state index in [1.54, 1.807) is 6.07 Å². The molecule has 4 heteroatoms. The van der Waals surface area contributed by atoms with Gasteiger partial charge < -0.3 is 15.4 Å². The number of rotatable bonds is 2. The van der Waals surface area contributed by atoms with Crippen molar-refractivity contribution in [3.63, 3.8) is 0 Å². The molecule has 3 rings (SSSR count). The van der Waals surface area contributed by atoms with Crippen LogP contribution in [0.5, 0.6) is 0 Å². The van der Waals surface area contributed by atoms with Gasteiger partial charge in [0.05, 0.1) is 17.7 Å². The Morgan fingerprint density at radius 2 is 2.32 bits per heavy atom. The van der Waals surface area contributed by atoms with Crippen LogP contribution in [0.15, 0.2) is 24.4 Å². The Morgan fingerprint density at radius 3 is 3.05 bits per heavy atom. The van der Waals surface area contributed by atoms with Crippen molar-refractivity contribution >= 4 is 10.9 Å². The van der Waals surface area contributed by atoms with Gasteiger partial charge in [-0.25, -0.2) is 0 Å². The number of nitrogens with one attached hydrogen (secondary N) is 2. The van der Waals surface area contributed by atoms with E-state index in [1.165, 1.54) is 0 Å². The van der Waals surface area contributed by atoms with Crippen LogP contribution in [0.2, 0.25) is 0 Å². The Labute approximate surface area is 112 Å². The van der Waals surface area contributed by atoms with Gasteiger partial charge in [-0.15, -0.1) is 0 Å². The van der Waals surface area contributed by atoms with Crippen LogP contribution in [0.4, 0.5) is 0 Å². The first-order valence-electron chi connectivity index (χ1n) is 6.70. The van der Waals surface area contributed by atoms with Crippen molar-refractivity contribution in [3.8, 4) is 6.07 Å². The minimum atomic E-state index is -0.518. The standard InChI is InChI=1S/C15H17N3O/c16-7-10-3-1-5-13-14(10)12(9-18-13)15(19)11-4-2-6-17-8-11/h1,3,5,9,11,15,17-19H,2,4,6,8H2. The fourth-order valence-corrected chi connectivity index (χ4v) is 2.94. The van der Waals surface area contributed by atoms with Gasteiger partial charge in [-0.3, -0.25) is 0 Å². The Kier molecular flexibility index (Phi) is 3.24. The lowest BCUT2D eigenvalue weighted by molar-refractivity contribution is 0.0934. The number of fused-ring (bicyclic) bond motifs is 1. The number of aromatic nitrogens is 1. The molecule has 0 bridgehead atoms. The van der Waals surface area contributed by atoms with E-state index in [0.29, 0.717) is 5.56 Å². The van der Waals surface area contributed by atoms with Crippen molar-refractivity contribution in [2.75, 3.05) is 13.1 Å². The van der Waals surface area contributed by atoms with E-state index >= 15 is 0 Å². The van der Waals surface area contributed by atoms with Crippen molar-refractivity contribution in [2.24, 2.45) is 5.92 Å². The topological polar surface area (TPSA) is 71.8 Å². The van der Waals surface area contributed by atoms with Crippen molar-refractivity contribution in [1.82, 2.24) is 10.3 Å². The lowest BCUT2D eigenvalue weighted by atomic mass is 9.88. The summed E-state index contributed by atoms with van der Waals surface area (Å²) < 4.78 is 0. The maximum atomic E-state index is 10.6. The fraction of sp³-hybridized carbons (Fsp3) is 0.400. The molecule has 19 heavy (non-hydrogen) atoms. The van der Waals surface area contributed by atoms with Crippen LogP contribution >= 0.6 is 0 Å². The Morgan fingerprint density at radius 1 is 1.42 bits per heavy atom. The van der Waals surface area contributed by atoms with Crippen molar-refractivity contribution in [3.05, 3.63) is 35.5 Å². The number of H-pyrrole nitrogens is 1. The predicted octanol–water partition coefficient (Wildman–Crippen LogP) is 2.07. The van der Waals surface area contributed by atoms with Crippen LogP contribution in [-0.4, -0.2) is 23.2 Å². The summed E-state index contributed by atoms with van der Waals surface area (Å²) in [5.41, 5.74) is 2.38. The number of hydrogen-bond donors (Lipinski definition) is 3. The summed E-state index contributed by atoms with van der Waals surface area (Å²) in [6, 6.07) is 7.80. The molecule has 0 spiro atoms. The zero-order valence-electron chi connectivity index (χ0n) is 10.7. The van der Waals surface area contributed by atoms with E-state index in [9.17, 15) is 10.4 Å². The second-order valence-corrected chi connectivity index (χ2v) is 5.14. The number of aliphatic hydroxyl groups is 1. The van der Waals surface area contributed by atoms with Gasteiger partial charge in [0.15, 0.2) is 0 Å². The smallest absolute Gasteiger partial charge is 0.0998 e. The molecule has 0 saturated carbocycles. The minimum absolute atomic E-state index is 0.222. The highest BCUT2D eigenvalue weighted by molar-refractivity contribution is 5.89. The van der Waals surface area contributed by atoms with E-state index in [1.807, 2.05) is 18.3 Å². The van der Waals surface area contributed by atoms with E-state index in [4.69, 9.17) is 0 Å². The summed E-state index contributed by atoms with van der Waals surface area (Å²) in [6.07, 6.45) is 3.44. The molecule has 98 valence electrons. The quantitative estimate of drug-likeness (QED) is 0.769. The molecule has 1 aliphatic heterocycles. The second-order valence-electron chi connectivity index (χ2n) is 5.14. The van der Waals surface area contributed by atoms with Crippen LogP contribution < -0.4 is 5.32 Å². The molecule has 1 fully saturated rings. The van der Waals surface area contributed by atoms with Crippen LogP contribution in [0.1, 0.15) is 30.1 Å². The SMILES string of the molecule is N#Cc1cccc2[nH]cc(C(O)C3CCCNC3)c12. The van der Waals surface area contributed by atoms with Crippen molar-refractivity contribution < 1.29 is 5.11 Å². The van der Waals surface area contributed by atoms with E-state index in [2.05, 4.69) is 16.4 Å². The van der Waals surface area contributed by atoms with Crippen LogP contribution in [0, 0.1) is 17.2 Å². The van der Waals surface area contributed by atoms with Crippen LogP contribution in [0.25, 0.3) is 10.9 Å². The predicted molar refractivity (Wildman–Crippen MR) is 73.6 cm³/mol. The molecule has 1 aromatic carbocycles. The van der Waals surface area contributed by atoms with Crippen molar-refractivity contribution in [1.29, 1.82) is 5.26 Å². The number of benzene rings is 1. The zero-order chi connectivity index (χ0) is 13.2. The lowest BCUT2D eigenvalue weighted by Crippen LogP contribution is -2.33. The first kappa shape index (κ1) is 12.2. The highest BCUT2D eigenvalue weighted by Crippen LogP contribution is 2.33. The summed E-state index contributed by atoms with van der Waals surface area (Å²) >= 11 is 0. The third-order valence-corrected chi connectivity index (χ3v) is 3.96. The molecular weight excluding hydrogens is 238 g/mol. The molecule has 3 N–H and O–H groups in total. The van der Waals surface area contributed by atoms with Gasteiger partial charge in [-0.05, 0) is 31.5 Å². The van der Waals surface area contributed by atoms with Gasteiger partial charge in [0.2, 0.25) is 0 Å². The summed E-state index contributed by atoms with van der Waals surface area (Å²) in [5.74, 6) is 0.222. The largest absolute Gasteiger partial charge is 0.388 e. The third kappa shape index (κ3) is 2.12. The summed E-state index contributed by atoms with van der Waals surface area (Å²) in [5, 5.41) is 24.0. The molecule has 2 unspecified atom stereocenters. The molecule has 0 radical (unpaired) electrons. The first-order valence-corrected chi connectivity index (χ1v) is 6.70. The summed E-state index contributed by atoms with van der Waals surface area (Å²) in [7, 11) is 0. The van der Waals surface area contributed by atoms with E-state index < -0.39 is 6.10 Å². The van der Waals surface area contributed by atoms with Gasteiger partial charge in [0.25, 0.3) is 0 Å². The van der Waals surface area contributed by atoms with Gasteiger partial charge in [-0.1, -0.05) is 6.07 Å². The van der Waals surface area contributed by atoms with Crippen LogP contribution in [-0.2, 0) is 0 Å². The third-order valence-electron chi connectivity index (χ3n) is 3.96. The highest BCUT2D eigenvalue weighted by atomic mass is 16.3.